The number of carbonyl (C=O) groups excluding carboxylic acids is 1. The highest BCUT2D eigenvalue weighted by atomic mass is 16.3. The molecule has 0 unspecified atom stereocenters. The van der Waals surface area contributed by atoms with E-state index in [9.17, 15) is 4.79 Å². The van der Waals surface area contributed by atoms with Crippen LogP contribution >= 0.6 is 0 Å². The first kappa shape index (κ1) is 17.0. The van der Waals surface area contributed by atoms with Crippen molar-refractivity contribution in [2.24, 2.45) is 0 Å². The summed E-state index contributed by atoms with van der Waals surface area (Å²) in [6.45, 7) is 1.39. The molecule has 128 valence electrons. The molecule has 0 bridgehead atoms. The lowest BCUT2D eigenvalue weighted by molar-refractivity contribution is 0.0950. The van der Waals surface area contributed by atoms with E-state index in [1.165, 1.54) is 18.1 Å². The van der Waals surface area contributed by atoms with Crippen molar-refractivity contribution >= 4 is 5.91 Å². The molecule has 0 spiro atoms. The van der Waals surface area contributed by atoms with Gasteiger partial charge in [-0.05, 0) is 42.4 Å². The normalized spacial score (nSPS) is 10.8. The van der Waals surface area contributed by atoms with Gasteiger partial charge in [0.2, 0.25) is 0 Å². The van der Waals surface area contributed by atoms with Crippen molar-refractivity contribution in [2.45, 2.75) is 13.1 Å². The maximum atomic E-state index is 12.1. The highest BCUT2D eigenvalue weighted by Crippen LogP contribution is 2.24. The minimum absolute atomic E-state index is 0.134. The van der Waals surface area contributed by atoms with Crippen LogP contribution in [0.25, 0.3) is 11.1 Å². The quantitative estimate of drug-likeness (QED) is 0.743. The smallest absolute Gasteiger partial charge is 0.254 e. The summed E-state index contributed by atoms with van der Waals surface area (Å²) in [6.07, 6.45) is 2.95. The van der Waals surface area contributed by atoms with E-state index in [1.807, 2.05) is 18.2 Å². The van der Waals surface area contributed by atoms with E-state index in [0.717, 1.165) is 23.2 Å². The molecule has 3 rings (SSSR count). The number of hydrogen-bond donors (Lipinski definition) is 1. The second kappa shape index (κ2) is 7.81. The number of carbonyl (C=O) groups is 1. The first-order chi connectivity index (χ1) is 12.1. The van der Waals surface area contributed by atoms with Crippen LogP contribution in [0.1, 0.15) is 21.5 Å². The van der Waals surface area contributed by atoms with Crippen molar-refractivity contribution in [3.05, 3.63) is 83.8 Å². The van der Waals surface area contributed by atoms with Gasteiger partial charge in [-0.3, -0.25) is 4.79 Å². The van der Waals surface area contributed by atoms with Crippen LogP contribution < -0.4 is 5.32 Å². The molecule has 4 heteroatoms. The van der Waals surface area contributed by atoms with Crippen LogP contribution in [0, 0.1) is 0 Å². The number of rotatable bonds is 6. The van der Waals surface area contributed by atoms with Gasteiger partial charge in [0.1, 0.15) is 6.26 Å². The van der Waals surface area contributed by atoms with Crippen LogP contribution in [-0.4, -0.2) is 24.9 Å². The summed E-state index contributed by atoms with van der Waals surface area (Å²) in [5.41, 5.74) is 5.17. The molecule has 2 aromatic carbocycles. The molecule has 0 aliphatic heterocycles. The Hall–Kier alpha value is -2.85. The molecule has 3 aromatic rings. The third-order valence-corrected chi connectivity index (χ3v) is 4.00. The molecule has 0 fully saturated rings. The van der Waals surface area contributed by atoms with Gasteiger partial charge in [-0.25, -0.2) is 0 Å². The Morgan fingerprint density at radius 3 is 2.48 bits per heavy atom. The Labute approximate surface area is 148 Å². The fraction of sp³-hybridized carbons (Fsp3) is 0.190. The summed E-state index contributed by atoms with van der Waals surface area (Å²) < 4.78 is 4.96. The minimum atomic E-state index is -0.134. The summed E-state index contributed by atoms with van der Waals surface area (Å²) in [7, 11) is 4.12. The maximum Gasteiger partial charge on any atom is 0.254 e. The number of hydrogen-bond acceptors (Lipinski definition) is 3. The number of furan rings is 1. The highest BCUT2D eigenvalue weighted by Gasteiger charge is 2.09. The lowest BCUT2D eigenvalue weighted by Crippen LogP contribution is -2.22. The Balaban J connectivity index is 1.75. The predicted molar refractivity (Wildman–Crippen MR) is 99.1 cm³/mol. The molecule has 0 aliphatic rings. The van der Waals surface area contributed by atoms with Crippen molar-refractivity contribution < 1.29 is 9.21 Å². The Bertz CT molecular complexity index is 821. The monoisotopic (exact) mass is 334 g/mol. The lowest BCUT2D eigenvalue weighted by Gasteiger charge is -2.13. The fourth-order valence-corrected chi connectivity index (χ4v) is 2.78. The van der Waals surface area contributed by atoms with Gasteiger partial charge < -0.3 is 14.6 Å². The standard InChI is InChI=1S/C21H22N2O2/c1-23(2)14-16-7-9-17(10-8-16)20-6-4-3-5-18(20)13-22-21(24)19-11-12-25-15-19/h3-12,15H,13-14H2,1-2H3,(H,22,24). The summed E-state index contributed by atoms with van der Waals surface area (Å²) in [6, 6.07) is 18.4. The third-order valence-electron chi connectivity index (χ3n) is 4.00. The Morgan fingerprint density at radius 2 is 1.80 bits per heavy atom. The molecule has 1 amide bonds. The molecule has 0 aliphatic carbocycles. The first-order valence-electron chi connectivity index (χ1n) is 8.26. The number of benzene rings is 2. The van der Waals surface area contributed by atoms with E-state index in [1.54, 1.807) is 6.07 Å². The third kappa shape index (κ3) is 4.37. The van der Waals surface area contributed by atoms with Gasteiger partial charge in [0, 0.05) is 13.1 Å². The first-order valence-corrected chi connectivity index (χ1v) is 8.26. The molecule has 1 heterocycles. The molecule has 0 radical (unpaired) electrons. The van der Waals surface area contributed by atoms with Gasteiger partial charge in [-0.2, -0.15) is 0 Å². The molecule has 0 saturated carbocycles. The molecular weight excluding hydrogens is 312 g/mol. The Kier molecular flexibility index (Phi) is 5.31. The fourth-order valence-electron chi connectivity index (χ4n) is 2.78. The largest absolute Gasteiger partial charge is 0.472 e. The zero-order valence-corrected chi connectivity index (χ0v) is 14.5. The maximum absolute atomic E-state index is 12.1. The van der Waals surface area contributed by atoms with Gasteiger partial charge >= 0.3 is 0 Å². The van der Waals surface area contributed by atoms with E-state index in [4.69, 9.17) is 4.42 Å². The second-order valence-electron chi connectivity index (χ2n) is 6.29. The SMILES string of the molecule is CN(C)Cc1ccc(-c2ccccc2CNC(=O)c2ccoc2)cc1. The van der Waals surface area contributed by atoms with Gasteiger partial charge in [0.25, 0.3) is 5.91 Å². The molecule has 1 aromatic heterocycles. The van der Waals surface area contributed by atoms with Crippen molar-refractivity contribution in [2.75, 3.05) is 14.1 Å². The van der Waals surface area contributed by atoms with Gasteiger partial charge in [0.15, 0.2) is 0 Å². The van der Waals surface area contributed by atoms with E-state index in [-0.39, 0.29) is 5.91 Å². The van der Waals surface area contributed by atoms with Gasteiger partial charge in [-0.15, -0.1) is 0 Å². The van der Waals surface area contributed by atoms with Crippen LogP contribution in [0.4, 0.5) is 0 Å². The van der Waals surface area contributed by atoms with Crippen LogP contribution in [-0.2, 0) is 13.1 Å². The summed E-state index contributed by atoms with van der Waals surface area (Å²) in [5.74, 6) is -0.134. The Morgan fingerprint density at radius 1 is 1.04 bits per heavy atom. The molecular formula is C21H22N2O2. The number of nitrogens with zero attached hydrogens (tertiary/aromatic N) is 1. The minimum Gasteiger partial charge on any atom is -0.472 e. The summed E-state index contributed by atoms with van der Waals surface area (Å²) in [4.78, 5) is 14.2. The summed E-state index contributed by atoms with van der Waals surface area (Å²) >= 11 is 0. The van der Waals surface area contributed by atoms with Gasteiger partial charge in [-0.1, -0.05) is 48.5 Å². The van der Waals surface area contributed by atoms with Crippen molar-refractivity contribution in [3.63, 3.8) is 0 Å². The number of amides is 1. The summed E-state index contributed by atoms with van der Waals surface area (Å²) in [5, 5.41) is 2.94. The van der Waals surface area contributed by atoms with Crippen LogP contribution in [0.2, 0.25) is 0 Å². The average Bonchev–Trinajstić information content (AvgIpc) is 3.15. The highest BCUT2D eigenvalue weighted by molar-refractivity contribution is 5.93. The zero-order chi connectivity index (χ0) is 17.6. The van der Waals surface area contributed by atoms with E-state index in [0.29, 0.717) is 12.1 Å². The van der Waals surface area contributed by atoms with Crippen molar-refractivity contribution in [3.8, 4) is 11.1 Å². The van der Waals surface area contributed by atoms with E-state index >= 15 is 0 Å². The van der Waals surface area contributed by atoms with Gasteiger partial charge in [0.05, 0.1) is 11.8 Å². The molecule has 25 heavy (non-hydrogen) atoms. The predicted octanol–water partition coefficient (Wildman–Crippen LogP) is 3.94. The van der Waals surface area contributed by atoms with E-state index < -0.39 is 0 Å². The van der Waals surface area contributed by atoms with Crippen LogP contribution in [0.5, 0.6) is 0 Å². The van der Waals surface area contributed by atoms with Crippen LogP contribution in [0.15, 0.2) is 71.5 Å². The van der Waals surface area contributed by atoms with Crippen molar-refractivity contribution in [1.29, 1.82) is 0 Å². The molecule has 4 nitrogen and oxygen atoms in total. The molecule has 1 N–H and O–H groups in total. The van der Waals surface area contributed by atoms with E-state index in [2.05, 4.69) is 54.6 Å². The average molecular weight is 334 g/mol. The number of nitrogens with one attached hydrogen (secondary N) is 1. The molecule has 0 saturated heterocycles. The van der Waals surface area contributed by atoms with Crippen molar-refractivity contribution in [1.82, 2.24) is 10.2 Å². The lowest BCUT2D eigenvalue weighted by atomic mass is 9.98. The molecule has 0 atom stereocenters. The second-order valence-corrected chi connectivity index (χ2v) is 6.29. The zero-order valence-electron chi connectivity index (χ0n) is 14.5. The van der Waals surface area contributed by atoms with Crippen LogP contribution in [0.3, 0.4) is 0 Å². The topological polar surface area (TPSA) is 45.5 Å².